The number of rotatable bonds is 7. The quantitative estimate of drug-likeness (QED) is 0.359. The van der Waals surface area contributed by atoms with E-state index in [0.717, 1.165) is 35.8 Å². The van der Waals surface area contributed by atoms with Gasteiger partial charge in [-0.05, 0) is 31.0 Å². The number of nitrogens with zero attached hydrogens (tertiary/aromatic N) is 3. The van der Waals surface area contributed by atoms with Gasteiger partial charge in [0.2, 0.25) is 0 Å². The predicted molar refractivity (Wildman–Crippen MR) is 120 cm³/mol. The summed E-state index contributed by atoms with van der Waals surface area (Å²) in [4.78, 5) is 8.81. The van der Waals surface area contributed by atoms with E-state index < -0.39 is 0 Å². The van der Waals surface area contributed by atoms with Gasteiger partial charge in [0.05, 0.1) is 19.4 Å². The normalized spacial score (nSPS) is 11.7. The van der Waals surface area contributed by atoms with Gasteiger partial charge in [-0.2, -0.15) is 0 Å². The van der Waals surface area contributed by atoms with Crippen LogP contribution < -0.4 is 10.6 Å². The molecule has 2 aromatic carbocycles. The van der Waals surface area contributed by atoms with Gasteiger partial charge in [0, 0.05) is 36.4 Å². The zero-order valence-electron chi connectivity index (χ0n) is 17.4. The Kier molecular flexibility index (Phi) is 6.13. The number of imidazole rings is 1. The lowest BCUT2D eigenvalue weighted by molar-refractivity contribution is 0.534. The molecule has 0 saturated heterocycles. The van der Waals surface area contributed by atoms with Crippen molar-refractivity contribution in [3.05, 3.63) is 89.7 Å². The fourth-order valence-electron chi connectivity index (χ4n) is 3.41. The number of hydrogen-bond donors (Lipinski definition) is 2. The molecule has 0 amide bonds. The number of para-hydroxylation sites is 1. The van der Waals surface area contributed by atoms with Gasteiger partial charge in [-0.15, -0.1) is 0 Å². The third kappa shape index (κ3) is 4.71. The summed E-state index contributed by atoms with van der Waals surface area (Å²) in [7, 11) is 0. The van der Waals surface area contributed by atoms with E-state index in [2.05, 4.69) is 64.4 Å². The third-order valence-electron chi connectivity index (χ3n) is 5.07. The molecule has 4 aromatic rings. The van der Waals surface area contributed by atoms with Crippen LogP contribution >= 0.6 is 0 Å². The molecule has 2 aromatic heterocycles. The maximum atomic E-state index is 5.99. The summed E-state index contributed by atoms with van der Waals surface area (Å²) in [5, 5.41) is 7.85. The second-order valence-electron chi connectivity index (χ2n) is 7.25. The van der Waals surface area contributed by atoms with Crippen LogP contribution in [0.1, 0.15) is 29.4 Å². The topological polar surface area (TPSA) is 67.4 Å². The van der Waals surface area contributed by atoms with Crippen molar-refractivity contribution in [1.82, 2.24) is 20.2 Å². The maximum Gasteiger partial charge on any atom is 0.191 e. The Bertz CT molecular complexity index is 1110. The molecule has 0 aliphatic carbocycles. The first-order valence-electron chi connectivity index (χ1n) is 10.3. The van der Waals surface area contributed by atoms with E-state index in [0.29, 0.717) is 13.1 Å². The molecule has 2 N–H and O–H groups in total. The highest BCUT2D eigenvalue weighted by Gasteiger charge is 2.10. The van der Waals surface area contributed by atoms with Crippen LogP contribution in [0.15, 0.2) is 76.7 Å². The Morgan fingerprint density at radius 3 is 2.60 bits per heavy atom. The minimum absolute atomic E-state index is 0.593. The minimum Gasteiger partial charge on any atom is -0.459 e. The highest BCUT2D eigenvalue weighted by molar-refractivity contribution is 5.83. The molecule has 0 saturated carbocycles. The largest absolute Gasteiger partial charge is 0.459 e. The number of fused-ring (bicyclic) bond motifs is 1. The molecule has 0 radical (unpaired) electrons. The van der Waals surface area contributed by atoms with Crippen molar-refractivity contribution in [3.8, 4) is 0 Å². The zero-order chi connectivity index (χ0) is 20.8. The lowest BCUT2D eigenvalue weighted by Crippen LogP contribution is -2.36. The van der Waals surface area contributed by atoms with E-state index in [4.69, 9.17) is 9.41 Å². The number of aliphatic imine (C=N–C) groups is 1. The molecule has 0 fully saturated rings. The van der Waals surface area contributed by atoms with Crippen LogP contribution in [0.3, 0.4) is 0 Å². The average molecular weight is 402 g/mol. The second kappa shape index (κ2) is 9.31. The molecule has 2 heterocycles. The summed E-state index contributed by atoms with van der Waals surface area (Å²) in [6.45, 7) is 6.99. The van der Waals surface area contributed by atoms with Crippen LogP contribution in [0.5, 0.6) is 0 Å². The highest BCUT2D eigenvalue weighted by atomic mass is 16.3. The van der Waals surface area contributed by atoms with Crippen molar-refractivity contribution >= 4 is 16.9 Å². The van der Waals surface area contributed by atoms with Crippen LogP contribution in [-0.2, 0) is 19.6 Å². The molecular weight excluding hydrogens is 374 g/mol. The van der Waals surface area contributed by atoms with E-state index in [1.54, 1.807) is 6.20 Å². The van der Waals surface area contributed by atoms with Gasteiger partial charge in [0.25, 0.3) is 0 Å². The van der Waals surface area contributed by atoms with Crippen molar-refractivity contribution in [2.45, 2.75) is 33.5 Å². The first-order chi connectivity index (χ1) is 14.7. The molecule has 0 spiro atoms. The fraction of sp³-hybridized carbons (Fsp3) is 0.250. The van der Waals surface area contributed by atoms with Crippen molar-refractivity contribution < 1.29 is 4.42 Å². The van der Waals surface area contributed by atoms with Gasteiger partial charge >= 0.3 is 0 Å². The van der Waals surface area contributed by atoms with Gasteiger partial charge in [0.15, 0.2) is 5.96 Å². The number of aromatic nitrogens is 2. The molecule has 154 valence electrons. The summed E-state index contributed by atoms with van der Waals surface area (Å²) in [6.07, 6.45) is 5.60. The highest BCUT2D eigenvalue weighted by Crippen LogP contribution is 2.24. The Hall–Kier alpha value is -3.54. The molecule has 0 aliphatic rings. The lowest BCUT2D eigenvalue weighted by atomic mass is 10.1. The van der Waals surface area contributed by atoms with Crippen LogP contribution in [-0.4, -0.2) is 22.1 Å². The summed E-state index contributed by atoms with van der Waals surface area (Å²) >= 11 is 0. The van der Waals surface area contributed by atoms with Gasteiger partial charge in [-0.25, -0.2) is 9.98 Å². The summed E-state index contributed by atoms with van der Waals surface area (Å²) in [5.41, 5.74) is 4.50. The van der Waals surface area contributed by atoms with Crippen molar-refractivity contribution in [2.24, 2.45) is 4.99 Å². The van der Waals surface area contributed by atoms with E-state index >= 15 is 0 Å². The molecule has 0 aliphatic heterocycles. The van der Waals surface area contributed by atoms with Crippen LogP contribution in [0.4, 0.5) is 0 Å². The van der Waals surface area contributed by atoms with Crippen LogP contribution in [0.25, 0.3) is 11.0 Å². The predicted octanol–water partition coefficient (Wildman–Crippen LogP) is 4.24. The van der Waals surface area contributed by atoms with E-state index in [1.165, 1.54) is 16.7 Å². The number of benzene rings is 2. The second-order valence-corrected chi connectivity index (χ2v) is 7.25. The number of nitrogens with one attached hydrogen (secondary N) is 2. The SMILES string of the molecule is CCNC(=NCc1ccc(Cn2ccnc2)cc1)NCc1oc2ccccc2c1C. The van der Waals surface area contributed by atoms with Crippen molar-refractivity contribution in [1.29, 1.82) is 0 Å². The standard InChI is InChI=1S/C24H27N5O/c1-3-26-24(28-15-23-18(2)21-6-4-5-7-22(21)30-23)27-14-19-8-10-20(11-9-19)16-29-13-12-25-17-29/h4-13,17H,3,14-16H2,1-2H3,(H2,26,27,28). The first-order valence-corrected chi connectivity index (χ1v) is 10.3. The molecule has 0 atom stereocenters. The van der Waals surface area contributed by atoms with E-state index in [-0.39, 0.29) is 0 Å². The Morgan fingerprint density at radius 2 is 1.87 bits per heavy atom. The maximum absolute atomic E-state index is 5.99. The molecule has 6 nitrogen and oxygen atoms in total. The van der Waals surface area contributed by atoms with Gasteiger partial charge in [0.1, 0.15) is 11.3 Å². The lowest BCUT2D eigenvalue weighted by Gasteiger charge is -2.11. The molecule has 30 heavy (non-hydrogen) atoms. The van der Waals surface area contributed by atoms with Crippen molar-refractivity contribution in [3.63, 3.8) is 0 Å². The van der Waals surface area contributed by atoms with Crippen LogP contribution in [0.2, 0.25) is 0 Å². The number of guanidine groups is 1. The molecule has 0 bridgehead atoms. The Labute approximate surface area is 176 Å². The number of aryl methyl sites for hydroxylation is 1. The molecule has 6 heteroatoms. The van der Waals surface area contributed by atoms with Crippen LogP contribution in [0, 0.1) is 6.92 Å². The summed E-state index contributed by atoms with van der Waals surface area (Å²) in [6, 6.07) is 16.7. The average Bonchev–Trinajstić information content (AvgIpc) is 3.39. The molecule has 4 rings (SSSR count). The van der Waals surface area contributed by atoms with Gasteiger partial charge in [-0.3, -0.25) is 0 Å². The number of hydrogen-bond acceptors (Lipinski definition) is 3. The Morgan fingerprint density at radius 1 is 1.07 bits per heavy atom. The minimum atomic E-state index is 0.593. The van der Waals surface area contributed by atoms with Crippen molar-refractivity contribution in [2.75, 3.05) is 6.54 Å². The van der Waals surface area contributed by atoms with Gasteiger partial charge in [-0.1, -0.05) is 42.5 Å². The molecule has 0 unspecified atom stereocenters. The smallest absolute Gasteiger partial charge is 0.191 e. The summed E-state index contributed by atoms with van der Waals surface area (Å²) in [5.74, 6) is 1.71. The zero-order valence-corrected chi connectivity index (χ0v) is 17.4. The summed E-state index contributed by atoms with van der Waals surface area (Å²) < 4.78 is 8.05. The first kappa shape index (κ1) is 19.8. The monoisotopic (exact) mass is 401 g/mol. The van der Waals surface area contributed by atoms with E-state index in [1.807, 2.05) is 30.7 Å². The van der Waals surface area contributed by atoms with Gasteiger partial charge < -0.3 is 19.6 Å². The number of furan rings is 1. The third-order valence-corrected chi connectivity index (χ3v) is 5.07. The Balaban J connectivity index is 1.39. The molecular formula is C24H27N5O. The van der Waals surface area contributed by atoms with E-state index in [9.17, 15) is 0 Å². The fourth-order valence-corrected chi connectivity index (χ4v) is 3.41.